The molecule has 1 aromatic carbocycles. The Morgan fingerprint density at radius 1 is 0.870 bits per heavy atom. The van der Waals surface area contributed by atoms with Gasteiger partial charge in [-0.15, -0.1) is 0 Å². The number of fused-ring (bicyclic) bond motifs is 1. The molecule has 0 bridgehead atoms. The van der Waals surface area contributed by atoms with Crippen molar-refractivity contribution < 1.29 is 24.0 Å². The number of anilines is 1. The molecule has 0 aliphatic carbocycles. The lowest BCUT2D eigenvalue weighted by molar-refractivity contribution is -0.141. The van der Waals surface area contributed by atoms with E-state index in [4.69, 9.17) is 5.10 Å². The van der Waals surface area contributed by atoms with E-state index in [1.54, 1.807) is 22.3 Å². The third-order valence-electron chi connectivity index (χ3n) is 8.45. The SMILES string of the molecule is CC1(C)CC(c2ccc(NC(=O)N3Cc4ccncc4C3)cc2)=NN(CCCCNC(=O)CCCCCN2C(=O)C=CC2=O)C1=O. The summed E-state index contributed by atoms with van der Waals surface area (Å²) in [5.74, 6) is -0.620. The molecule has 0 radical (unpaired) electrons. The van der Waals surface area contributed by atoms with Crippen molar-refractivity contribution in [1.82, 2.24) is 25.1 Å². The van der Waals surface area contributed by atoms with Crippen LogP contribution in [0.5, 0.6) is 0 Å². The number of benzene rings is 1. The fraction of sp³-hybridized carbons (Fsp3) is 0.441. The Balaban J connectivity index is 1.03. The maximum absolute atomic E-state index is 13.1. The first-order valence-electron chi connectivity index (χ1n) is 15.9. The van der Waals surface area contributed by atoms with Crippen molar-refractivity contribution in [2.24, 2.45) is 10.5 Å². The lowest BCUT2D eigenvalue weighted by Gasteiger charge is -2.34. The van der Waals surface area contributed by atoms with Crippen LogP contribution in [0.3, 0.4) is 0 Å². The van der Waals surface area contributed by atoms with Gasteiger partial charge in [-0.25, -0.2) is 9.80 Å². The maximum Gasteiger partial charge on any atom is 0.322 e. The van der Waals surface area contributed by atoms with Crippen molar-refractivity contribution in [3.05, 3.63) is 71.6 Å². The molecule has 3 aliphatic heterocycles. The Hall–Kier alpha value is -4.87. The van der Waals surface area contributed by atoms with Crippen molar-refractivity contribution >= 4 is 41.1 Å². The molecule has 1 aromatic heterocycles. The van der Waals surface area contributed by atoms with Gasteiger partial charge < -0.3 is 15.5 Å². The number of hydrazone groups is 1. The number of amides is 6. The fourth-order valence-electron chi connectivity index (χ4n) is 5.78. The Bertz CT molecular complexity index is 1510. The molecule has 3 aliphatic rings. The van der Waals surface area contributed by atoms with Gasteiger partial charge in [-0.3, -0.25) is 29.1 Å². The number of imide groups is 1. The molecule has 0 atom stereocenters. The molecule has 0 unspecified atom stereocenters. The van der Waals surface area contributed by atoms with E-state index in [-0.39, 0.29) is 29.7 Å². The van der Waals surface area contributed by atoms with Crippen LogP contribution in [0, 0.1) is 5.41 Å². The average Bonchev–Trinajstić information content (AvgIpc) is 3.61. The summed E-state index contributed by atoms with van der Waals surface area (Å²) >= 11 is 0. The molecule has 2 N–H and O–H groups in total. The van der Waals surface area contributed by atoms with Gasteiger partial charge in [0.2, 0.25) is 11.8 Å². The first-order valence-corrected chi connectivity index (χ1v) is 15.9. The van der Waals surface area contributed by atoms with Gasteiger partial charge in [-0.05, 0) is 60.6 Å². The highest BCUT2D eigenvalue weighted by molar-refractivity contribution is 6.12. The van der Waals surface area contributed by atoms with Gasteiger partial charge in [-0.2, -0.15) is 5.10 Å². The van der Waals surface area contributed by atoms with Crippen LogP contribution in [-0.2, 0) is 32.3 Å². The maximum atomic E-state index is 13.1. The number of unbranched alkanes of at least 4 members (excludes halogenated alkanes) is 3. The molecular formula is C34H41N7O5. The van der Waals surface area contributed by atoms with E-state index in [1.807, 2.05) is 44.2 Å². The standard InChI is InChI=1S/C34H41N7O5/c1-34(2)20-28(24-9-11-27(12-10-24)37-33(46)39-22-25-15-17-35-21-26(25)23-39)38-41(32(34)45)19-7-5-16-36-29(42)8-4-3-6-18-40-30(43)13-14-31(40)44/h9-15,17,21H,3-8,16,18-20,22-23H2,1-2H3,(H,36,42)(H,37,46). The third-order valence-corrected chi connectivity index (χ3v) is 8.45. The molecule has 0 saturated carbocycles. The van der Waals surface area contributed by atoms with Crippen molar-refractivity contribution in [3.63, 3.8) is 0 Å². The molecule has 0 fully saturated rings. The number of nitrogens with one attached hydrogen (secondary N) is 2. The summed E-state index contributed by atoms with van der Waals surface area (Å²) in [6.45, 7) is 6.27. The van der Waals surface area contributed by atoms with Crippen LogP contribution < -0.4 is 10.6 Å². The van der Waals surface area contributed by atoms with E-state index < -0.39 is 5.41 Å². The Kier molecular flexibility index (Phi) is 10.2. The first-order chi connectivity index (χ1) is 22.1. The number of aromatic nitrogens is 1. The topological polar surface area (TPSA) is 144 Å². The minimum Gasteiger partial charge on any atom is -0.356 e. The zero-order valence-electron chi connectivity index (χ0n) is 26.5. The van der Waals surface area contributed by atoms with Crippen LogP contribution >= 0.6 is 0 Å². The van der Waals surface area contributed by atoms with Crippen LogP contribution in [0.25, 0.3) is 0 Å². The Labute approximate surface area is 268 Å². The van der Waals surface area contributed by atoms with E-state index in [0.717, 1.165) is 28.8 Å². The van der Waals surface area contributed by atoms with Gasteiger partial charge in [0.15, 0.2) is 0 Å². The molecule has 242 valence electrons. The van der Waals surface area contributed by atoms with E-state index in [9.17, 15) is 24.0 Å². The molecule has 12 heteroatoms. The predicted molar refractivity (Wildman–Crippen MR) is 172 cm³/mol. The van der Waals surface area contributed by atoms with Crippen LogP contribution in [-0.4, -0.2) is 74.8 Å². The smallest absolute Gasteiger partial charge is 0.322 e. The quantitative estimate of drug-likeness (QED) is 0.254. The summed E-state index contributed by atoms with van der Waals surface area (Å²) in [5.41, 5.74) is 3.95. The molecular weight excluding hydrogens is 586 g/mol. The number of rotatable bonds is 13. The lowest BCUT2D eigenvalue weighted by atomic mass is 9.82. The zero-order valence-corrected chi connectivity index (χ0v) is 26.5. The van der Waals surface area contributed by atoms with E-state index in [1.165, 1.54) is 17.1 Å². The van der Waals surface area contributed by atoms with Gasteiger partial charge in [0, 0.05) is 75.8 Å². The van der Waals surface area contributed by atoms with Gasteiger partial charge in [-0.1, -0.05) is 32.4 Å². The van der Waals surface area contributed by atoms with Gasteiger partial charge in [0.25, 0.3) is 11.8 Å². The number of pyridine rings is 1. The number of hydrogen-bond acceptors (Lipinski definition) is 7. The van der Waals surface area contributed by atoms with Gasteiger partial charge in [0.05, 0.1) is 11.1 Å². The molecule has 46 heavy (non-hydrogen) atoms. The van der Waals surface area contributed by atoms with Crippen molar-refractivity contribution in [2.75, 3.05) is 25.0 Å². The third kappa shape index (κ3) is 8.04. The number of carbonyl (C=O) groups is 5. The normalized spacial score (nSPS) is 17.0. The van der Waals surface area contributed by atoms with Crippen LogP contribution in [0.2, 0.25) is 0 Å². The highest BCUT2D eigenvalue weighted by atomic mass is 16.2. The average molecular weight is 628 g/mol. The minimum absolute atomic E-state index is 0.0286. The van der Waals surface area contributed by atoms with Crippen LogP contribution in [0.4, 0.5) is 10.5 Å². The van der Waals surface area contributed by atoms with Gasteiger partial charge >= 0.3 is 6.03 Å². The summed E-state index contributed by atoms with van der Waals surface area (Å²) in [4.78, 5) is 68.4. The van der Waals surface area contributed by atoms with Crippen molar-refractivity contribution in [2.45, 2.75) is 71.9 Å². The van der Waals surface area contributed by atoms with Crippen LogP contribution in [0.15, 0.2) is 60.0 Å². The second-order valence-corrected chi connectivity index (χ2v) is 12.6. The summed E-state index contributed by atoms with van der Waals surface area (Å²) in [7, 11) is 0. The largest absolute Gasteiger partial charge is 0.356 e. The molecule has 12 nitrogen and oxygen atoms in total. The van der Waals surface area contributed by atoms with Crippen LogP contribution in [0.1, 0.15) is 75.5 Å². The predicted octanol–water partition coefficient (Wildman–Crippen LogP) is 3.97. The zero-order chi connectivity index (χ0) is 32.7. The molecule has 2 aromatic rings. The van der Waals surface area contributed by atoms with Crippen molar-refractivity contribution in [1.29, 1.82) is 0 Å². The summed E-state index contributed by atoms with van der Waals surface area (Å²) < 4.78 is 0. The van der Waals surface area contributed by atoms with E-state index in [0.29, 0.717) is 76.9 Å². The monoisotopic (exact) mass is 627 g/mol. The molecule has 4 heterocycles. The number of carbonyl (C=O) groups excluding carboxylic acids is 5. The van der Waals surface area contributed by atoms with E-state index >= 15 is 0 Å². The summed E-state index contributed by atoms with van der Waals surface area (Å²) in [6.07, 6.45) is 10.5. The highest BCUT2D eigenvalue weighted by Crippen LogP contribution is 2.31. The number of urea groups is 1. The Morgan fingerprint density at radius 2 is 1.59 bits per heavy atom. The van der Waals surface area contributed by atoms with E-state index in [2.05, 4.69) is 15.6 Å². The first kappa shape index (κ1) is 32.5. The highest BCUT2D eigenvalue weighted by Gasteiger charge is 2.38. The van der Waals surface area contributed by atoms with Crippen molar-refractivity contribution in [3.8, 4) is 0 Å². The summed E-state index contributed by atoms with van der Waals surface area (Å²) in [5, 5.41) is 12.1. The number of nitrogens with zero attached hydrogens (tertiary/aromatic N) is 5. The Morgan fingerprint density at radius 3 is 2.33 bits per heavy atom. The minimum atomic E-state index is -0.607. The molecule has 5 rings (SSSR count). The second kappa shape index (κ2) is 14.5. The molecule has 0 saturated heterocycles. The van der Waals surface area contributed by atoms with Gasteiger partial charge in [0.1, 0.15) is 0 Å². The molecule has 6 amide bonds. The fourth-order valence-corrected chi connectivity index (χ4v) is 5.78. The second-order valence-electron chi connectivity index (χ2n) is 12.6. The summed E-state index contributed by atoms with van der Waals surface area (Å²) in [6, 6.07) is 9.30. The molecule has 0 spiro atoms. The number of hydrogen-bond donors (Lipinski definition) is 2. The lowest BCUT2D eigenvalue weighted by Crippen LogP contribution is -2.44.